The highest BCUT2D eigenvalue weighted by molar-refractivity contribution is 5.94. The smallest absolute Gasteiger partial charge is 0.261 e. The van der Waals surface area contributed by atoms with Crippen molar-refractivity contribution >= 4 is 5.91 Å². The lowest BCUT2D eigenvalue weighted by atomic mass is 9.81. The molecule has 1 N–H and O–H groups in total. The van der Waals surface area contributed by atoms with Gasteiger partial charge in [-0.1, -0.05) is 36.4 Å². The molecule has 1 aromatic carbocycles. The molecule has 2 aromatic heterocycles. The van der Waals surface area contributed by atoms with E-state index in [0.717, 1.165) is 25.7 Å². The molecule has 1 fully saturated rings. The Morgan fingerprint density at radius 2 is 1.69 bits per heavy atom. The first-order valence-electron chi connectivity index (χ1n) is 10.1. The van der Waals surface area contributed by atoms with Gasteiger partial charge in [-0.05, 0) is 61.4 Å². The Bertz CT molecular complexity index is 1020. The molecule has 0 unspecified atom stereocenters. The van der Waals surface area contributed by atoms with Gasteiger partial charge in [-0.25, -0.2) is 0 Å². The number of hydrogen-bond acceptors (Lipinski definition) is 3. The van der Waals surface area contributed by atoms with Crippen molar-refractivity contribution in [2.45, 2.75) is 37.6 Å². The van der Waals surface area contributed by atoms with Crippen LogP contribution in [0.5, 0.6) is 0 Å². The van der Waals surface area contributed by atoms with Crippen LogP contribution in [0.3, 0.4) is 0 Å². The molecule has 2 heterocycles. The van der Waals surface area contributed by atoms with Crippen LogP contribution in [0.2, 0.25) is 0 Å². The highest BCUT2D eigenvalue weighted by Gasteiger charge is 2.28. The Morgan fingerprint density at radius 1 is 0.966 bits per heavy atom. The normalized spacial score (nSPS) is 18.9. The SMILES string of the molecule is CN(C(=O)c1ccc(-c2ccccn2)[nH]c1=O)C1CCC(c2ccccc2)CC1. The molecule has 148 valence electrons. The Hall–Kier alpha value is -3.21. The zero-order valence-corrected chi connectivity index (χ0v) is 16.5. The predicted octanol–water partition coefficient (Wildman–Crippen LogP) is 4.24. The van der Waals surface area contributed by atoms with E-state index in [1.54, 1.807) is 23.2 Å². The van der Waals surface area contributed by atoms with Gasteiger partial charge in [0.1, 0.15) is 5.56 Å². The zero-order valence-electron chi connectivity index (χ0n) is 16.5. The number of nitrogens with zero attached hydrogens (tertiary/aromatic N) is 2. The van der Waals surface area contributed by atoms with E-state index < -0.39 is 0 Å². The molecule has 5 heteroatoms. The number of aromatic nitrogens is 2. The number of amides is 1. The van der Waals surface area contributed by atoms with Crippen LogP contribution in [-0.2, 0) is 0 Å². The molecule has 0 aliphatic heterocycles. The molecular formula is C24H25N3O2. The third-order valence-corrected chi connectivity index (χ3v) is 5.92. The standard InChI is InChI=1S/C24H25N3O2/c1-27(19-12-10-18(11-13-19)17-7-3-2-4-8-17)24(29)20-14-15-22(26-23(20)28)21-9-5-6-16-25-21/h2-9,14-16,18-19H,10-13H2,1H3,(H,26,28). The van der Waals surface area contributed by atoms with E-state index in [2.05, 4.69) is 34.2 Å². The van der Waals surface area contributed by atoms with Crippen LogP contribution in [0.1, 0.15) is 47.5 Å². The first-order valence-corrected chi connectivity index (χ1v) is 10.1. The number of hydrogen-bond donors (Lipinski definition) is 1. The molecule has 0 radical (unpaired) electrons. The summed E-state index contributed by atoms with van der Waals surface area (Å²) >= 11 is 0. The maximum atomic E-state index is 13.0. The first-order chi connectivity index (χ1) is 14.1. The van der Waals surface area contributed by atoms with Gasteiger partial charge in [0.2, 0.25) is 0 Å². The fourth-order valence-electron chi connectivity index (χ4n) is 4.19. The van der Waals surface area contributed by atoms with Crippen LogP contribution in [0.15, 0.2) is 71.7 Å². The summed E-state index contributed by atoms with van der Waals surface area (Å²) in [5.74, 6) is 0.332. The van der Waals surface area contributed by atoms with Gasteiger partial charge < -0.3 is 9.88 Å². The van der Waals surface area contributed by atoms with E-state index in [0.29, 0.717) is 17.3 Å². The third-order valence-electron chi connectivity index (χ3n) is 5.92. The molecule has 0 spiro atoms. The number of pyridine rings is 2. The molecular weight excluding hydrogens is 362 g/mol. The van der Waals surface area contributed by atoms with Crippen molar-refractivity contribution < 1.29 is 4.79 Å². The molecule has 1 amide bonds. The average molecular weight is 387 g/mol. The van der Waals surface area contributed by atoms with Gasteiger partial charge in [0.25, 0.3) is 11.5 Å². The van der Waals surface area contributed by atoms with E-state index in [-0.39, 0.29) is 23.1 Å². The second kappa shape index (κ2) is 8.43. The van der Waals surface area contributed by atoms with Gasteiger partial charge in [-0.2, -0.15) is 0 Å². The number of aromatic amines is 1. The van der Waals surface area contributed by atoms with Crippen molar-refractivity contribution in [2.75, 3.05) is 7.05 Å². The molecule has 1 aliphatic carbocycles. The molecule has 1 saturated carbocycles. The number of carbonyl (C=O) groups excluding carboxylic acids is 1. The highest BCUT2D eigenvalue weighted by Crippen LogP contribution is 2.34. The van der Waals surface area contributed by atoms with Crippen LogP contribution >= 0.6 is 0 Å². The summed E-state index contributed by atoms with van der Waals surface area (Å²) in [6, 6.07) is 19.6. The molecule has 29 heavy (non-hydrogen) atoms. The summed E-state index contributed by atoms with van der Waals surface area (Å²) in [6.45, 7) is 0. The van der Waals surface area contributed by atoms with Gasteiger partial charge in [-0.3, -0.25) is 14.6 Å². The van der Waals surface area contributed by atoms with E-state index in [1.807, 2.05) is 31.3 Å². The molecule has 4 rings (SSSR count). The molecule has 0 saturated heterocycles. The van der Waals surface area contributed by atoms with Gasteiger partial charge in [0, 0.05) is 19.3 Å². The van der Waals surface area contributed by atoms with Crippen LogP contribution < -0.4 is 5.56 Å². The lowest BCUT2D eigenvalue weighted by Crippen LogP contribution is -2.41. The zero-order chi connectivity index (χ0) is 20.2. The first kappa shape index (κ1) is 19.1. The van der Waals surface area contributed by atoms with Crippen LogP contribution in [0.4, 0.5) is 0 Å². The lowest BCUT2D eigenvalue weighted by Gasteiger charge is -2.34. The Balaban J connectivity index is 1.44. The van der Waals surface area contributed by atoms with Gasteiger partial charge in [0.05, 0.1) is 11.4 Å². The van der Waals surface area contributed by atoms with Crippen molar-refractivity contribution in [3.05, 3.63) is 88.3 Å². The Labute approximate surface area is 170 Å². The second-order valence-corrected chi connectivity index (χ2v) is 7.66. The molecule has 0 atom stereocenters. The number of H-pyrrole nitrogens is 1. The van der Waals surface area contributed by atoms with E-state index in [9.17, 15) is 9.59 Å². The third kappa shape index (κ3) is 4.14. The van der Waals surface area contributed by atoms with E-state index in [4.69, 9.17) is 0 Å². The van der Waals surface area contributed by atoms with Crippen LogP contribution in [0.25, 0.3) is 11.4 Å². The number of rotatable bonds is 4. The molecule has 5 nitrogen and oxygen atoms in total. The van der Waals surface area contributed by atoms with Crippen molar-refractivity contribution in [3.8, 4) is 11.4 Å². The number of carbonyl (C=O) groups is 1. The van der Waals surface area contributed by atoms with Gasteiger partial charge in [0.15, 0.2) is 0 Å². The van der Waals surface area contributed by atoms with E-state index >= 15 is 0 Å². The van der Waals surface area contributed by atoms with Crippen LogP contribution in [-0.4, -0.2) is 33.9 Å². The summed E-state index contributed by atoms with van der Waals surface area (Å²) in [4.78, 5) is 34.3. The maximum absolute atomic E-state index is 13.0. The largest absolute Gasteiger partial charge is 0.339 e. The Morgan fingerprint density at radius 3 is 2.34 bits per heavy atom. The average Bonchev–Trinajstić information content (AvgIpc) is 2.79. The highest BCUT2D eigenvalue weighted by atomic mass is 16.2. The van der Waals surface area contributed by atoms with Crippen molar-refractivity contribution in [1.82, 2.24) is 14.9 Å². The van der Waals surface area contributed by atoms with Crippen molar-refractivity contribution in [3.63, 3.8) is 0 Å². The quantitative estimate of drug-likeness (QED) is 0.728. The van der Waals surface area contributed by atoms with Crippen LogP contribution in [0, 0.1) is 0 Å². The topological polar surface area (TPSA) is 66.1 Å². The minimum atomic E-state index is -0.372. The minimum Gasteiger partial charge on any atom is -0.339 e. The Kier molecular flexibility index (Phi) is 5.56. The summed E-state index contributed by atoms with van der Waals surface area (Å²) < 4.78 is 0. The molecule has 1 aliphatic rings. The molecule has 3 aromatic rings. The number of nitrogens with one attached hydrogen (secondary N) is 1. The van der Waals surface area contributed by atoms with Crippen molar-refractivity contribution in [1.29, 1.82) is 0 Å². The second-order valence-electron chi connectivity index (χ2n) is 7.66. The molecule has 0 bridgehead atoms. The fourth-order valence-corrected chi connectivity index (χ4v) is 4.19. The summed E-state index contributed by atoms with van der Waals surface area (Å²) in [6.07, 6.45) is 5.69. The minimum absolute atomic E-state index is 0.164. The summed E-state index contributed by atoms with van der Waals surface area (Å²) in [7, 11) is 1.81. The van der Waals surface area contributed by atoms with Gasteiger partial charge >= 0.3 is 0 Å². The summed E-state index contributed by atoms with van der Waals surface area (Å²) in [5, 5.41) is 0. The van der Waals surface area contributed by atoms with Gasteiger partial charge in [-0.15, -0.1) is 0 Å². The maximum Gasteiger partial charge on any atom is 0.261 e. The summed E-state index contributed by atoms with van der Waals surface area (Å²) in [5.41, 5.74) is 2.47. The van der Waals surface area contributed by atoms with E-state index in [1.165, 1.54) is 5.56 Å². The fraction of sp³-hybridized carbons (Fsp3) is 0.292. The van der Waals surface area contributed by atoms with Crippen molar-refractivity contribution in [2.24, 2.45) is 0 Å². The monoisotopic (exact) mass is 387 g/mol. The number of benzene rings is 1. The predicted molar refractivity (Wildman–Crippen MR) is 114 cm³/mol. The lowest BCUT2D eigenvalue weighted by molar-refractivity contribution is 0.0687.